The van der Waals surface area contributed by atoms with Crippen molar-refractivity contribution < 1.29 is 24.5 Å². The van der Waals surface area contributed by atoms with Gasteiger partial charge in [0.05, 0.1) is 19.3 Å². The van der Waals surface area contributed by atoms with Crippen molar-refractivity contribution in [1.29, 1.82) is 0 Å². The second kappa shape index (κ2) is 6.96. The molecule has 21 heavy (non-hydrogen) atoms. The van der Waals surface area contributed by atoms with Crippen molar-refractivity contribution in [3.63, 3.8) is 0 Å². The molecule has 1 atom stereocenters. The van der Waals surface area contributed by atoms with Crippen LogP contribution in [0.25, 0.3) is 6.08 Å². The van der Waals surface area contributed by atoms with E-state index in [4.69, 9.17) is 14.9 Å². The van der Waals surface area contributed by atoms with Crippen LogP contribution in [0, 0.1) is 0 Å². The highest BCUT2D eigenvalue weighted by Gasteiger charge is 2.26. The maximum atomic E-state index is 12.5. The normalized spacial score (nSPS) is 18.9. The number of pyridine rings is 1. The average molecular weight is 292 g/mol. The Morgan fingerprint density at radius 1 is 1.52 bits per heavy atom. The molecule has 1 amide bonds. The van der Waals surface area contributed by atoms with E-state index in [1.807, 2.05) is 0 Å². The Bertz CT molecular complexity index is 558. The van der Waals surface area contributed by atoms with Gasteiger partial charge in [-0.15, -0.1) is 0 Å². The number of hydrogen-bond donors (Lipinski definition) is 2. The summed E-state index contributed by atoms with van der Waals surface area (Å²) in [6, 6.07) is 3.26. The highest BCUT2D eigenvalue weighted by Crippen LogP contribution is 2.14. The predicted octanol–water partition coefficient (Wildman–Crippen LogP) is 0.0127. The quantitative estimate of drug-likeness (QED) is 0.758. The van der Waals surface area contributed by atoms with Crippen molar-refractivity contribution in [3.05, 3.63) is 35.7 Å². The van der Waals surface area contributed by atoms with Crippen molar-refractivity contribution in [2.75, 3.05) is 26.3 Å². The fraction of sp³-hybridized carbons (Fsp3) is 0.357. The molecule has 0 radical (unpaired) electrons. The van der Waals surface area contributed by atoms with Crippen LogP contribution in [0.15, 0.2) is 24.4 Å². The number of hydrogen-bond acceptors (Lipinski definition) is 5. The van der Waals surface area contributed by atoms with Crippen LogP contribution in [0.2, 0.25) is 0 Å². The largest absolute Gasteiger partial charge is 0.478 e. The number of aliphatic hydroxyl groups excluding tert-OH is 1. The fourth-order valence-corrected chi connectivity index (χ4v) is 2.06. The molecular weight excluding hydrogens is 276 g/mol. The lowest BCUT2D eigenvalue weighted by Crippen LogP contribution is -2.47. The first kappa shape index (κ1) is 15.1. The molecule has 112 valence electrons. The lowest BCUT2D eigenvalue weighted by molar-refractivity contribution is -0.131. The first-order chi connectivity index (χ1) is 10.1. The zero-order valence-electron chi connectivity index (χ0n) is 11.3. The van der Waals surface area contributed by atoms with Crippen LogP contribution in [0.1, 0.15) is 16.1 Å². The van der Waals surface area contributed by atoms with Gasteiger partial charge in [-0.25, -0.2) is 4.79 Å². The van der Waals surface area contributed by atoms with Gasteiger partial charge in [-0.1, -0.05) is 6.07 Å². The van der Waals surface area contributed by atoms with Crippen molar-refractivity contribution in [1.82, 2.24) is 9.88 Å². The Labute approximate surface area is 121 Å². The van der Waals surface area contributed by atoms with Gasteiger partial charge in [0, 0.05) is 30.9 Å². The highest BCUT2D eigenvalue weighted by atomic mass is 16.5. The number of carbonyl (C=O) groups excluding carboxylic acids is 1. The average Bonchev–Trinajstić information content (AvgIpc) is 2.52. The lowest BCUT2D eigenvalue weighted by Gasteiger charge is -2.32. The molecule has 7 heteroatoms. The number of aliphatic carboxylic acids is 1. The predicted molar refractivity (Wildman–Crippen MR) is 73.6 cm³/mol. The summed E-state index contributed by atoms with van der Waals surface area (Å²) >= 11 is 0. The summed E-state index contributed by atoms with van der Waals surface area (Å²) in [5, 5.41) is 17.8. The lowest BCUT2D eigenvalue weighted by atomic mass is 10.1. The smallest absolute Gasteiger partial charge is 0.328 e. The molecule has 0 bridgehead atoms. The van der Waals surface area contributed by atoms with Crippen LogP contribution in [-0.2, 0) is 9.53 Å². The maximum Gasteiger partial charge on any atom is 0.328 e. The third-order valence-corrected chi connectivity index (χ3v) is 3.08. The highest BCUT2D eigenvalue weighted by molar-refractivity contribution is 5.97. The molecule has 1 unspecified atom stereocenters. The summed E-state index contributed by atoms with van der Waals surface area (Å²) in [5.74, 6) is -1.40. The van der Waals surface area contributed by atoms with E-state index in [9.17, 15) is 9.59 Å². The molecule has 2 N–H and O–H groups in total. The SMILES string of the molecule is O=C(O)/C=C/c1cccnc1C(=O)N1CCOC(CO)C1. The summed E-state index contributed by atoms with van der Waals surface area (Å²) in [6.07, 6.45) is 3.38. The summed E-state index contributed by atoms with van der Waals surface area (Å²) in [5.41, 5.74) is 0.630. The van der Waals surface area contributed by atoms with E-state index in [2.05, 4.69) is 4.98 Å². The Kier molecular flexibility index (Phi) is 5.02. The molecule has 1 saturated heterocycles. The standard InChI is InChI=1S/C14H16N2O5/c17-9-11-8-16(6-7-21-11)14(20)13-10(2-1-5-15-13)3-4-12(18)19/h1-5,11,17H,6-9H2,(H,18,19)/b4-3+. The molecule has 0 spiro atoms. The van der Waals surface area contributed by atoms with Gasteiger partial charge in [0.15, 0.2) is 0 Å². The van der Waals surface area contributed by atoms with Gasteiger partial charge in [-0.05, 0) is 12.1 Å². The van der Waals surface area contributed by atoms with E-state index in [1.54, 1.807) is 17.0 Å². The zero-order chi connectivity index (χ0) is 15.2. The summed E-state index contributed by atoms with van der Waals surface area (Å²) < 4.78 is 5.30. The molecule has 7 nitrogen and oxygen atoms in total. The number of aromatic nitrogens is 1. The van der Waals surface area contributed by atoms with Crippen LogP contribution in [0.4, 0.5) is 0 Å². The topological polar surface area (TPSA) is 100.0 Å². The maximum absolute atomic E-state index is 12.5. The Morgan fingerprint density at radius 2 is 2.33 bits per heavy atom. The van der Waals surface area contributed by atoms with Crippen LogP contribution in [0.5, 0.6) is 0 Å². The van der Waals surface area contributed by atoms with E-state index >= 15 is 0 Å². The van der Waals surface area contributed by atoms with Gasteiger partial charge in [0.2, 0.25) is 0 Å². The molecule has 2 heterocycles. The van der Waals surface area contributed by atoms with Crippen molar-refractivity contribution in [2.45, 2.75) is 6.10 Å². The monoisotopic (exact) mass is 292 g/mol. The second-order valence-corrected chi connectivity index (χ2v) is 4.54. The van der Waals surface area contributed by atoms with Gasteiger partial charge in [-0.2, -0.15) is 0 Å². The molecule has 1 aliphatic rings. The molecule has 1 aromatic rings. The van der Waals surface area contributed by atoms with Gasteiger partial charge < -0.3 is 19.8 Å². The molecule has 0 aromatic carbocycles. The number of rotatable bonds is 4. The van der Waals surface area contributed by atoms with Gasteiger partial charge in [0.25, 0.3) is 5.91 Å². The number of carbonyl (C=O) groups is 2. The molecule has 0 aliphatic carbocycles. The fourth-order valence-electron chi connectivity index (χ4n) is 2.06. The van der Waals surface area contributed by atoms with Gasteiger partial charge >= 0.3 is 5.97 Å². The summed E-state index contributed by atoms with van der Waals surface area (Å²) in [4.78, 5) is 28.7. The summed E-state index contributed by atoms with van der Waals surface area (Å²) in [7, 11) is 0. The summed E-state index contributed by atoms with van der Waals surface area (Å²) in [6.45, 7) is 0.893. The van der Waals surface area contributed by atoms with E-state index in [0.29, 0.717) is 18.7 Å². The zero-order valence-corrected chi connectivity index (χ0v) is 11.3. The minimum Gasteiger partial charge on any atom is -0.478 e. The number of ether oxygens (including phenoxy) is 1. The molecular formula is C14H16N2O5. The van der Waals surface area contributed by atoms with Crippen LogP contribution in [-0.4, -0.2) is 64.4 Å². The molecule has 1 fully saturated rings. The van der Waals surface area contributed by atoms with E-state index in [0.717, 1.165) is 6.08 Å². The molecule has 2 rings (SSSR count). The second-order valence-electron chi connectivity index (χ2n) is 4.54. The van der Waals surface area contributed by atoms with Crippen molar-refractivity contribution >= 4 is 18.0 Å². The van der Waals surface area contributed by atoms with Gasteiger partial charge in [-0.3, -0.25) is 9.78 Å². The Hall–Kier alpha value is -2.25. The first-order valence-corrected chi connectivity index (χ1v) is 6.49. The number of nitrogens with zero attached hydrogens (tertiary/aromatic N) is 2. The number of carboxylic acids is 1. The number of aliphatic hydroxyl groups is 1. The Balaban J connectivity index is 2.20. The van der Waals surface area contributed by atoms with E-state index < -0.39 is 12.1 Å². The third kappa shape index (κ3) is 3.87. The van der Waals surface area contributed by atoms with Crippen LogP contribution in [0.3, 0.4) is 0 Å². The molecule has 1 aliphatic heterocycles. The number of amides is 1. The van der Waals surface area contributed by atoms with Crippen LogP contribution < -0.4 is 0 Å². The minimum atomic E-state index is -1.09. The Morgan fingerprint density at radius 3 is 3.05 bits per heavy atom. The van der Waals surface area contributed by atoms with E-state index in [1.165, 1.54) is 12.3 Å². The van der Waals surface area contributed by atoms with Crippen molar-refractivity contribution in [2.24, 2.45) is 0 Å². The van der Waals surface area contributed by atoms with Crippen molar-refractivity contribution in [3.8, 4) is 0 Å². The molecule has 0 saturated carbocycles. The number of carboxylic acid groups (broad SMARTS) is 1. The third-order valence-electron chi connectivity index (χ3n) is 3.08. The van der Waals surface area contributed by atoms with Crippen LogP contribution >= 0.6 is 0 Å². The first-order valence-electron chi connectivity index (χ1n) is 6.49. The van der Waals surface area contributed by atoms with Gasteiger partial charge in [0.1, 0.15) is 5.69 Å². The van der Waals surface area contributed by atoms with E-state index in [-0.39, 0.29) is 24.8 Å². The molecule has 1 aromatic heterocycles. The number of morpholine rings is 1. The minimum absolute atomic E-state index is 0.155.